The summed E-state index contributed by atoms with van der Waals surface area (Å²) in [7, 11) is 0. The van der Waals surface area contributed by atoms with E-state index in [2.05, 4.69) is 11.2 Å². The highest BCUT2D eigenvalue weighted by Crippen LogP contribution is 2.35. The SMILES string of the molecule is C#CCCCNC(=O)c1sc2cc(Cl)ccc2c1N. The smallest absolute Gasteiger partial charge is 0.263 e. The summed E-state index contributed by atoms with van der Waals surface area (Å²) < 4.78 is 0.916. The third-order valence-electron chi connectivity index (χ3n) is 2.68. The first-order valence-electron chi connectivity index (χ1n) is 5.82. The third-order valence-corrected chi connectivity index (χ3v) is 4.08. The summed E-state index contributed by atoms with van der Waals surface area (Å²) in [5.41, 5.74) is 6.50. The molecular formula is C14H13ClN2OS. The molecule has 0 bridgehead atoms. The molecular weight excluding hydrogens is 280 g/mol. The van der Waals surface area contributed by atoms with Crippen LogP contribution >= 0.6 is 22.9 Å². The first kappa shape index (κ1) is 13.7. The number of fused-ring (bicyclic) bond motifs is 1. The maximum atomic E-state index is 12.0. The number of nitrogens with two attached hydrogens (primary N) is 1. The van der Waals surface area contributed by atoms with E-state index in [0.29, 0.717) is 28.6 Å². The van der Waals surface area contributed by atoms with Gasteiger partial charge in [-0.1, -0.05) is 11.6 Å². The van der Waals surface area contributed by atoms with Crippen molar-refractivity contribution in [3.05, 3.63) is 28.1 Å². The summed E-state index contributed by atoms with van der Waals surface area (Å²) in [5.74, 6) is 2.37. The molecule has 2 aromatic rings. The second-order valence-corrected chi connectivity index (χ2v) is 5.54. The number of anilines is 1. The predicted molar refractivity (Wildman–Crippen MR) is 81.6 cm³/mol. The van der Waals surface area contributed by atoms with E-state index < -0.39 is 0 Å². The number of carbonyl (C=O) groups is 1. The van der Waals surface area contributed by atoms with Crippen LogP contribution in [0.5, 0.6) is 0 Å². The Balaban J connectivity index is 2.18. The van der Waals surface area contributed by atoms with E-state index in [4.69, 9.17) is 23.8 Å². The minimum Gasteiger partial charge on any atom is -0.397 e. The summed E-state index contributed by atoms with van der Waals surface area (Å²) >= 11 is 7.27. The highest BCUT2D eigenvalue weighted by atomic mass is 35.5. The summed E-state index contributed by atoms with van der Waals surface area (Å²) in [4.78, 5) is 12.5. The first-order valence-corrected chi connectivity index (χ1v) is 7.02. The number of amides is 1. The van der Waals surface area contributed by atoms with Crippen molar-refractivity contribution in [1.29, 1.82) is 0 Å². The van der Waals surface area contributed by atoms with Crippen molar-refractivity contribution in [2.45, 2.75) is 12.8 Å². The van der Waals surface area contributed by atoms with Gasteiger partial charge in [0.25, 0.3) is 5.91 Å². The van der Waals surface area contributed by atoms with Gasteiger partial charge < -0.3 is 11.1 Å². The van der Waals surface area contributed by atoms with Crippen molar-refractivity contribution in [2.24, 2.45) is 0 Å². The quantitative estimate of drug-likeness (QED) is 0.671. The minimum atomic E-state index is -0.160. The Morgan fingerprint density at radius 1 is 1.53 bits per heavy atom. The number of thiophene rings is 1. The molecule has 98 valence electrons. The van der Waals surface area contributed by atoms with E-state index >= 15 is 0 Å². The highest BCUT2D eigenvalue weighted by molar-refractivity contribution is 7.21. The van der Waals surface area contributed by atoms with Gasteiger partial charge in [0.05, 0.1) is 5.69 Å². The Morgan fingerprint density at radius 2 is 2.32 bits per heavy atom. The van der Waals surface area contributed by atoms with E-state index in [-0.39, 0.29) is 5.91 Å². The Hall–Kier alpha value is -1.70. The molecule has 2 rings (SSSR count). The van der Waals surface area contributed by atoms with Crippen molar-refractivity contribution in [3.8, 4) is 12.3 Å². The molecule has 1 amide bonds. The van der Waals surface area contributed by atoms with Gasteiger partial charge in [0.1, 0.15) is 4.88 Å². The van der Waals surface area contributed by atoms with Crippen LogP contribution in [-0.2, 0) is 0 Å². The summed E-state index contributed by atoms with van der Waals surface area (Å²) in [5, 5.41) is 4.31. The topological polar surface area (TPSA) is 55.1 Å². The number of unbranched alkanes of at least 4 members (excludes halogenated alkanes) is 1. The van der Waals surface area contributed by atoms with Gasteiger partial charge >= 0.3 is 0 Å². The lowest BCUT2D eigenvalue weighted by Gasteiger charge is -2.02. The molecule has 0 unspecified atom stereocenters. The largest absolute Gasteiger partial charge is 0.397 e. The zero-order valence-corrected chi connectivity index (χ0v) is 11.8. The van der Waals surface area contributed by atoms with Crippen LogP contribution in [0.4, 0.5) is 5.69 Å². The van der Waals surface area contributed by atoms with Crippen LogP contribution in [0, 0.1) is 12.3 Å². The fourth-order valence-corrected chi connectivity index (χ4v) is 3.05. The Bertz CT molecular complexity index is 657. The normalized spacial score (nSPS) is 10.3. The summed E-state index contributed by atoms with van der Waals surface area (Å²) in [6, 6.07) is 5.41. The molecule has 0 aliphatic rings. The fourth-order valence-electron chi connectivity index (χ4n) is 1.73. The number of halogens is 1. The molecule has 3 nitrogen and oxygen atoms in total. The van der Waals surface area contributed by atoms with Gasteiger partial charge in [-0.2, -0.15) is 0 Å². The second kappa shape index (κ2) is 5.96. The van der Waals surface area contributed by atoms with E-state index in [9.17, 15) is 4.79 Å². The van der Waals surface area contributed by atoms with Crippen LogP contribution in [0.1, 0.15) is 22.5 Å². The maximum Gasteiger partial charge on any atom is 0.263 e. The molecule has 5 heteroatoms. The lowest BCUT2D eigenvalue weighted by atomic mass is 10.2. The fraction of sp³-hybridized carbons (Fsp3) is 0.214. The molecule has 0 saturated carbocycles. The van der Waals surface area contributed by atoms with Crippen LogP contribution in [0.25, 0.3) is 10.1 Å². The number of terminal acetylenes is 1. The number of carbonyl (C=O) groups excluding carboxylic acids is 1. The molecule has 1 heterocycles. The van der Waals surface area contributed by atoms with Crippen LogP contribution in [-0.4, -0.2) is 12.5 Å². The monoisotopic (exact) mass is 292 g/mol. The summed E-state index contributed by atoms with van der Waals surface area (Å²) in [6.45, 7) is 0.553. The van der Waals surface area contributed by atoms with Gasteiger partial charge in [0.15, 0.2) is 0 Å². The van der Waals surface area contributed by atoms with Crippen LogP contribution in [0.2, 0.25) is 5.02 Å². The van der Waals surface area contributed by atoms with Crippen molar-refractivity contribution < 1.29 is 4.79 Å². The van der Waals surface area contributed by atoms with E-state index in [1.54, 1.807) is 6.07 Å². The zero-order chi connectivity index (χ0) is 13.8. The lowest BCUT2D eigenvalue weighted by molar-refractivity contribution is 0.0958. The van der Waals surface area contributed by atoms with Gasteiger partial charge in [0.2, 0.25) is 0 Å². The van der Waals surface area contributed by atoms with Gasteiger partial charge in [-0.05, 0) is 24.6 Å². The third kappa shape index (κ3) is 3.01. The molecule has 0 aliphatic carbocycles. The maximum absolute atomic E-state index is 12.0. The number of benzene rings is 1. The molecule has 0 aliphatic heterocycles. The minimum absolute atomic E-state index is 0.160. The lowest BCUT2D eigenvalue weighted by Crippen LogP contribution is -2.24. The molecule has 19 heavy (non-hydrogen) atoms. The van der Waals surface area contributed by atoms with Gasteiger partial charge in [-0.15, -0.1) is 23.7 Å². The molecule has 0 atom stereocenters. The number of nitrogens with one attached hydrogen (secondary N) is 1. The molecule has 0 radical (unpaired) electrons. The van der Waals surface area contributed by atoms with Gasteiger partial charge in [-0.25, -0.2) is 0 Å². The Kier molecular flexibility index (Phi) is 4.31. The van der Waals surface area contributed by atoms with Crippen molar-refractivity contribution in [1.82, 2.24) is 5.32 Å². The Labute approximate surface area is 120 Å². The number of nitrogen functional groups attached to an aromatic ring is 1. The zero-order valence-electron chi connectivity index (χ0n) is 10.2. The van der Waals surface area contributed by atoms with E-state index in [1.165, 1.54) is 11.3 Å². The van der Waals surface area contributed by atoms with Crippen molar-refractivity contribution >= 4 is 44.6 Å². The van der Waals surface area contributed by atoms with Crippen molar-refractivity contribution in [3.63, 3.8) is 0 Å². The second-order valence-electron chi connectivity index (χ2n) is 4.05. The molecule has 0 spiro atoms. The highest BCUT2D eigenvalue weighted by Gasteiger charge is 2.15. The average Bonchev–Trinajstić information content (AvgIpc) is 2.71. The molecule has 0 fully saturated rings. The standard InChI is InChI=1S/C14H13ClN2OS/c1-2-3-4-7-17-14(18)13-12(16)10-6-5-9(15)8-11(10)19-13/h1,5-6,8H,3-4,7,16H2,(H,17,18). The van der Waals surface area contributed by atoms with Crippen molar-refractivity contribution in [2.75, 3.05) is 12.3 Å². The molecule has 3 N–H and O–H groups in total. The van der Waals surface area contributed by atoms with Crippen LogP contribution in [0.3, 0.4) is 0 Å². The first-order chi connectivity index (χ1) is 9.13. The van der Waals surface area contributed by atoms with Crippen LogP contribution < -0.4 is 11.1 Å². The molecule has 0 saturated heterocycles. The van der Waals surface area contributed by atoms with Gasteiger partial charge in [-0.3, -0.25) is 4.79 Å². The number of rotatable bonds is 4. The number of hydrogen-bond acceptors (Lipinski definition) is 3. The predicted octanol–water partition coefficient (Wildman–Crippen LogP) is 3.28. The average molecular weight is 293 g/mol. The molecule has 1 aromatic heterocycles. The van der Waals surface area contributed by atoms with Crippen LogP contribution in [0.15, 0.2) is 18.2 Å². The van der Waals surface area contributed by atoms with E-state index in [1.807, 2.05) is 12.1 Å². The summed E-state index contributed by atoms with van der Waals surface area (Å²) in [6.07, 6.45) is 6.57. The van der Waals surface area contributed by atoms with E-state index in [0.717, 1.165) is 16.5 Å². The van der Waals surface area contributed by atoms with Gasteiger partial charge in [0, 0.05) is 28.1 Å². The molecule has 1 aromatic carbocycles. The number of hydrogen-bond donors (Lipinski definition) is 2. The Morgan fingerprint density at radius 3 is 3.05 bits per heavy atom.